The first kappa shape index (κ1) is 12.5. The van der Waals surface area contributed by atoms with Crippen molar-refractivity contribution in [2.45, 2.75) is 0 Å². The second-order valence-electron chi connectivity index (χ2n) is 3.83. The summed E-state index contributed by atoms with van der Waals surface area (Å²) in [7, 11) is 0. The van der Waals surface area contributed by atoms with E-state index in [-0.39, 0.29) is 5.92 Å². The Kier molecular flexibility index (Phi) is 4.26. The molecule has 0 N–H and O–H groups in total. The molecule has 1 aromatic carbocycles. The molecule has 1 aromatic rings. The molecule has 1 unspecified atom stereocenters. The largest absolute Gasteiger partial charge is 0.339 e. The van der Waals surface area contributed by atoms with Gasteiger partial charge in [-0.15, -0.1) is 0 Å². The maximum Gasteiger partial charge on any atom is 0.339 e. The Morgan fingerprint density at radius 2 is 2.00 bits per heavy atom. The first-order valence-electron chi connectivity index (χ1n) is 5.62. The Morgan fingerprint density at radius 1 is 1.22 bits per heavy atom. The van der Waals surface area contributed by atoms with E-state index in [1.165, 1.54) is 0 Å². The minimum absolute atomic E-state index is 0.0158. The zero-order valence-corrected chi connectivity index (χ0v) is 10.4. The van der Waals surface area contributed by atoms with E-state index in [0.29, 0.717) is 5.71 Å². The molecule has 2 rings (SSSR count). The van der Waals surface area contributed by atoms with E-state index in [2.05, 4.69) is 4.99 Å². The maximum absolute atomic E-state index is 10.8. The number of carbonyl (C=O) groups excluding carboxylic acids is 1. The van der Waals surface area contributed by atoms with Crippen molar-refractivity contribution in [3.63, 3.8) is 0 Å². The Bertz CT molecular complexity index is 541. The summed E-state index contributed by atoms with van der Waals surface area (Å²) >= 11 is 5.29. The van der Waals surface area contributed by atoms with Crippen molar-refractivity contribution in [3.8, 4) is 0 Å². The predicted molar refractivity (Wildman–Crippen MR) is 75.9 cm³/mol. The van der Waals surface area contributed by atoms with Gasteiger partial charge < -0.3 is 0 Å². The Hall–Kier alpha value is -1.93. The summed E-state index contributed by atoms with van der Waals surface area (Å²) in [6.45, 7) is 0. The number of halogens is 1. The highest BCUT2D eigenvalue weighted by Crippen LogP contribution is 2.14. The molecule has 90 valence electrons. The monoisotopic (exact) mass is 257 g/mol. The van der Waals surface area contributed by atoms with Crippen LogP contribution in [0.25, 0.3) is 6.08 Å². The molecule has 0 saturated heterocycles. The van der Waals surface area contributed by atoms with Crippen LogP contribution in [-0.2, 0) is 0 Å². The minimum Gasteiger partial charge on any atom is -0.253 e. The maximum atomic E-state index is 10.8. The molecule has 3 heteroatoms. The van der Waals surface area contributed by atoms with E-state index < -0.39 is 5.37 Å². The molecule has 1 aliphatic rings. The zero-order valence-electron chi connectivity index (χ0n) is 9.66. The van der Waals surface area contributed by atoms with Crippen LogP contribution in [0, 0.1) is 5.92 Å². The average Bonchev–Trinajstić information content (AvgIpc) is 2.38. The van der Waals surface area contributed by atoms with E-state index in [1.54, 1.807) is 6.08 Å². The van der Waals surface area contributed by atoms with Crippen molar-refractivity contribution in [1.82, 2.24) is 0 Å². The Morgan fingerprint density at radius 3 is 2.72 bits per heavy atom. The van der Waals surface area contributed by atoms with Gasteiger partial charge in [-0.1, -0.05) is 60.7 Å². The summed E-state index contributed by atoms with van der Waals surface area (Å²) in [6, 6.07) is 9.96. The number of benzene rings is 1. The average molecular weight is 258 g/mol. The topological polar surface area (TPSA) is 29.4 Å². The molecule has 1 amide bonds. The molecule has 0 saturated carbocycles. The van der Waals surface area contributed by atoms with Crippen molar-refractivity contribution in [2.24, 2.45) is 10.9 Å². The van der Waals surface area contributed by atoms with Gasteiger partial charge in [0.15, 0.2) is 0 Å². The number of aliphatic imine (C=N–C) groups is 1. The van der Waals surface area contributed by atoms with Gasteiger partial charge in [-0.2, -0.15) is 0 Å². The SMILES string of the molecule is O=C(Cl)N=C1C=CC=CC1C=Cc1ccccc1. The number of allylic oxidation sites excluding steroid dienone is 5. The van der Waals surface area contributed by atoms with Crippen LogP contribution >= 0.6 is 11.6 Å². The van der Waals surface area contributed by atoms with Crippen LogP contribution in [0.15, 0.2) is 65.7 Å². The highest BCUT2D eigenvalue weighted by Gasteiger charge is 2.10. The van der Waals surface area contributed by atoms with Gasteiger partial charge in [0.25, 0.3) is 0 Å². The van der Waals surface area contributed by atoms with E-state index in [4.69, 9.17) is 11.6 Å². The van der Waals surface area contributed by atoms with Crippen LogP contribution in [0.2, 0.25) is 0 Å². The van der Waals surface area contributed by atoms with Crippen LogP contribution in [-0.4, -0.2) is 11.1 Å². The van der Waals surface area contributed by atoms with E-state index in [1.807, 2.05) is 60.7 Å². The van der Waals surface area contributed by atoms with Crippen molar-refractivity contribution in [2.75, 3.05) is 0 Å². The van der Waals surface area contributed by atoms with Crippen LogP contribution < -0.4 is 0 Å². The van der Waals surface area contributed by atoms with E-state index >= 15 is 0 Å². The summed E-state index contributed by atoms with van der Waals surface area (Å²) in [5.74, 6) is -0.0158. The zero-order chi connectivity index (χ0) is 12.8. The number of carbonyl (C=O) groups is 1. The lowest BCUT2D eigenvalue weighted by Crippen LogP contribution is -2.10. The van der Waals surface area contributed by atoms with Crippen molar-refractivity contribution in [3.05, 3.63) is 66.3 Å². The molecule has 0 spiro atoms. The molecule has 2 nitrogen and oxygen atoms in total. The van der Waals surface area contributed by atoms with Gasteiger partial charge in [0.05, 0.1) is 5.71 Å². The van der Waals surface area contributed by atoms with Gasteiger partial charge in [0, 0.05) is 5.92 Å². The highest BCUT2D eigenvalue weighted by molar-refractivity contribution is 6.64. The summed E-state index contributed by atoms with van der Waals surface area (Å²) in [6.07, 6.45) is 11.5. The summed E-state index contributed by atoms with van der Waals surface area (Å²) in [4.78, 5) is 14.6. The molecule has 1 aliphatic carbocycles. The smallest absolute Gasteiger partial charge is 0.253 e. The molecule has 0 radical (unpaired) electrons. The molecule has 0 aliphatic heterocycles. The summed E-state index contributed by atoms with van der Waals surface area (Å²) in [5, 5.41) is -0.692. The van der Waals surface area contributed by atoms with Crippen molar-refractivity contribution < 1.29 is 4.79 Å². The molecule has 0 heterocycles. The van der Waals surface area contributed by atoms with E-state index in [0.717, 1.165) is 5.56 Å². The quantitative estimate of drug-likeness (QED) is 0.575. The minimum atomic E-state index is -0.692. The molecule has 0 bridgehead atoms. The van der Waals surface area contributed by atoms with Gasteiger partial charge in [-0.3, -0.25) is 4.79 Å². The summed E-state index contributed by atoms with van der Waals surface area (Å²) in [5.41, 5.74) is 1.77. The van der Waals surface area contributed by atoms with Crippen molar-refractivity contribution >= 4 is 28.8 Å². The molecular formula is C15H12ClNO. The molecule has 18 heavy (non-hydrogen) atoms. The van der Waals surface area contributed by atoms with Crippen LogP contribution in [0.1, 0.15) is 5.56 Å². The lowest BCUT2D eigenvalue weighted by Gasteiger charge is -2.10. The normalized spacial score (nSPS) is 20.7. The lowest BCUT2D eigenvalue weighted by molar-refractivity contribution is 0.266. The molecule has 0 aromatic heterocycles. The third-order valence-corrected chi connectivity index (χ3v) is 2.64. The number of rotatable bonds is 2. The number of hydrogen-bond donors (Lipinski definition) is 0. The van der Waals surface area contributed by atoms with Crippen molar-refractivity contribution in [1.29, 1.82) is 0 Å². The van der Waals surface area contributed by atoms with Gasteiger partial charge in [0.2, 0.25) is 0 Å². The second kappa shape index (κ2) is 6.12. The fourth-order valence-electron chi connectivity index (χ4n) is 1.70. The Labute approximate surface area is 111 Å². The molecule has 0 fully saturated rings. The fourth-order valence-corrected chi connectivity index (χ4v) is 1.80. The van der Waals surface area contributed by atoms with Gasteiger partial charge in [0.1, 0.15) is 0 Å². The first-order valence-corrected chi connectivity index (χ1v) is 5.99. The number of nitrogens with zero attached hydrogens (tertiary/aromatic N) is 1. The highest BCUT2D eigenvalue weighted by atomic mass is 35.5. The predicted octanol–water partition coefficient (Wildman–Crippen LogP) is 4.24. The first-order chi connectivity index (χ1) is 8.75. The Balaban J connectivity index is 2.17. The van der Waals surface area contributed by atoms with E-state index in [9.17, 15) is 4.79 Å². The van der Waals surface area contributed by atoms with Gasteiger partial charge in [-0.05, 0) is 23.2 Å². The summed E-state index contributed by atoms with van der Waals surface area (Å²) < 4.78 is 0. The number of hydrogen-bond acceptors (Lipinski definition) is 1. The fraction of sp³-hybridized carbons (Fsp3) is 0.0667. The van der Waals surface area contributed by atoms with Gasteiger partial charge in [-0.25, -0.2) is 4.99 Å². The van der Waals surface area contributed by atoms with Crippen LogP contribution in [0.3, 0.4) is 0 Å². The molecular weight excluding hydrogens is 246 g/mol. The third kappa shape index (κ3) is 3.54. The second-order valence-corrected chi connectivity index (χ2v) is 4.15. The molecule has 1 atom stereocenters. The standard InChI is InChI=1S/C15H12ClNO/c16-15(18)17-14-9-5-4-8-13(14)11-10-12-6-2-1-3-7-12/h1-11,13H. The third-order valence-electron chi connectivity index (χ3n) is 2.55. The number of amides is 1. The van der Waals surface area contributed by atoms with Crippen LogP contribution in [0.5, 0.6) is 0 Å². The lowest BCUT2D eigenvalue weighted by atomic mass is 9.97. The van der Waals surface area contributed by atoms with Gasteiger partial charge >= 0.3 is 5.37 Å². The van der Waals surface area contributed by atoms with Crippen LogP contribution in [0.4, 0.5) is 4.79 Å².